The zero-order valence-corrected chi connectivity index (χ0v) is 7.60. The van der Waals surface area contributed by atoms with Crippen molar-refractivity contribution >= 4 is 10.8 Å². The summed E-state index contributed by atoms with van der Waals surface area (Å²) >= 11 is 0. The number of nitriles is 1. The average molecular weight is 172 g/mol. The standard InChI is InChI=1S/C7H12N2OS/c1-6-3-7(11(2)10)4-9(6)5-8/h6-7H,3-4H2,1-2H3. The minimum atomic E-state index is -0.777. The summed E-state index contributed by atoms with van der Waals surface area (Å²) in [5.41, 5.74) is 0. The highest BCUT2D eigenvalue weighted by atomic mass is 32.2. The summed E-state index contributed by atoms with van der Waals surface area (Å²) in [7, 11) is -0.777. The van der Waals surface area contributed by atoms with E-state index in [1.165, 1.54) is 0 Å². The Labute approximate surface area is 69.4 Å². The molecule has 3 nitrogen and oxygen atoms in total. The molecule has 1 saturated heterocycles. The van der Waals surface area contributed by atoms with Crippen LogP contribution in [-0.4, -0.2) is 33.2 Å². The number of hydrogen-bond donors (Lipinski definition) is 0. The molecule has 11 heavy (non-hydrogen) atoms. The molecule has 4 heteroatoms. The van der Waals surface area contributed by atoms with Crippen LogP contribution in [0.1, 0.15) is 13.3 Å². The van der Waals surface area contributed by atoms with E-state index in [0.717, 1.165) is 6.42 Å². The van der Waals surface area contributed by atoms with Crippen LogP contribution < -0.4 is 0 Å². The van der Waals surface area contributed by atoms with Gasteiger partial charge in [0.15, 0.2) is 6.19 Å². The fourth-order valence-corrected chi connectivity index (χ4v) is 2.28. The number of nitrogens with zero attached hydrogens (tertiary/aromatic N) is 2. The van der Waals surface area contributed by atoms with Crippen molar-refractivity contribution in [3.63, 3.8) is 0 Å². The maximum absolute atomic E-state index is 11.0. The minimum absolute atomic E-state index is 0.199. The van der Waals surface area contributed by atoms with Crippen LogP contribution in [-0.2, 0) is 10.8 Å². The number of hydrogen-bond acceptors (Lipinski definition) is 3. The first-order valence-electron chi connectivity index (χ1n) is 3.63. The first-order chi connectivity index (χ1) is 5.15. The lowest BCUT2D eigenvalue weighted by Crippen LogP contribution is -2.22. The van der Waals surface area contributed by atoms with Gasteiger partial charge in [0, 0.05) is 29.6 Å². The van der Waals surface area contributed by atoms with E-state index in [4.69, 9.17) is 5.26 Å². The molecule has 62 valence electrons. The molecule has 1 aliphatic heterocycles. The molecule has 3 atom stereocenters. The predicted molar refractivity (Wildman–Crippen MR) is 44.3 cm³/mol. The van der Waals surface area contributed by atoms with Crippen molar-refractivity contribution in [2.45, 2.75) is 24.6 Å². The van der Waals surface area contributed by atoms with E-state index in [2.05, 4.69) is 6.19 Å². The highest BCUT2D eigenvalue weighted by Crippen LogP contribution is 2.19. The van der Waals surface area contributed by atoms with Crippen LogP contribution in [0.3, 0.4) is 0 Å². The van der Waals surface area contributed by atoms with Crippen LogP contribution in [0.4, 0.5) is 0 Å². The number of likely N-dealkylation sites (tertiary alicyclic amines) is 1. The summed E-state index contributed by atoms with van der Waals surface area (Å²) in [6.07, 6.45) is 4.69. The van der Waals surface area contributed by atoms with Gasteiger partial charge in [-0.15, -0.1) is 0 Å². The molecule has 0 aromatic heterocycles. The topological polar surface area (TPSA) is 44.1 Å². The number of rotatable bonds is 1. The van der Waals surface area contributed by atoms with Crippen molar-refractivity contribution in [2.24, 2.45) is 0 Å². The second kappa shape index (κ2) is 3.22. The van der Waals surface area contributed by atoms with Crippen molar-refractivity contribution < 1.29 is 4.21 Å². The molecule has 1 rings (SSSR count). The van der Waals surface area contributed by atoms with Gasteiger partial charge in [-0.05, 0) is 13.3 Å². The van der Waals surface area contributed by atoms with Gasteiger partial charge in [-0.2, -0.15) is 5.26 Å². The summed E-state index contributed by atoms with van der Waals surface area (Å²) in [4.78, 5) is 1.70. The van der Waals surface area contributed by atoms with E-state index in [1.807, 2.05) is 6.92 Å². The fraction of sp³-hybridized carbons (Fsp3) is 0.857. The van der Waals surface area contributed by atoms with Gasteiger partial charge in [0.25, 0.3) is 0 Å². The normalized spacial score (nSPS) is 33.4. The molecule has 0 spiro atoms. The quantitative estimate of drug-likeness (QED) is 0.535. The first kappa shape index (κ1) is 8.54. The Balaban J connectivity index is 2.58. The van der Waals surface area contributed by atoms with Crippen molar-refractivity contribution in [1.29, 1.82) is 5.26 Å². The van der Waals surface area contributed by atoms with Crippen LogP contribution in [0, 0.1) is 11.5 Å². The first-order valence-corrected chi connectivity index (χ1v) is 5.26. The molecule has 0 amide bonds. The molecule has 0 aromatic rings. The second-order valence-corrected chi connectivity index (χ2v) is 4.62. The SMILES string of the molecule is CC1CC(S(C)=O)CN1C#N. The zero-order chi connectivity index (χ0) is 8.43. The molecule has 1 heterocycles. The van der Waals surface area contributed by atoms with E-state index < -0.39 is 10.8 Å². The Morgan fingerprint density at radius 1 is 1.73 bits per heavy atom. The molecular weight excluding hydrogens is 160 g/mol. The van der Waals surface area contributed by atoms with Gasteiger partial charge in [0.1, 0.15) is 0 Å². The molecule has 0 saturated carbocycles. The lowest BCUT2D eigenvalue weighted by molar-refractivity contribution is 0.388. The Morgan fingerprint density at radius 2 is 2.36 bits per heavy atom. The van der Waals surface area contributed by atoms with Gasteiger partial charge < -0.3 is 4.90 Å². The van der Waals surface area contributed by atoms with Crippen LogP contribution in [0.2, 0.25) is 0 Å². The fourth-order valence-electron chi connectivity index (χ4n) is 1.36. The van der Waals surface area contributed by atoms with Gasteiger partial charge in [-0.3, -0.25) is 4.21 Å². The summed E-state index contributed by atoms with van der Waals surface area (Å²) < 4.78 is 11.0. The molecule has 1 fully saturated rings. The van der Waals surface area contributed by atoms with Crippen molar-refractivity contribution in [1.82, 2.24) is 4.90 Å². The van der Waals surface area contributed by atoms with Crippen molar-refractivity contribution in [2.75, 3.05) is 12.8 Å². The molecular formula is C7H12N2OS. The largest absolute Gasteiger partial charge is 0.307 e. The molecule has 0 N–H and O–H groups in total. The van der Waals surface area contributed by atoms with E-state index in [0.29, 0.717) is 6.54 Å². The molecule has 0 radical (unpaired) electrons. The van der Waals surface area contributed by atoms with E-state index in [1.54, 1.807) is 11.2 Å². The third kappa shape index (κ3) is 1.72. The smallest absolute Gasteiger partial charge is 0.179 e. The summed E-state index contributed by atoms with van der Waals surface area (Å²) in [5, 5.41) is 8.81. The maximum Gasteiger partial charge on any atom is 0.179 e. The highest BCUT2D eigenvalue weighted by Gasteiger charge is 2.30. The summed E-state index contributed by atoms with van der Waals surface area (Å²) in [6, 6.07) is 0.272. The van der Waals surface area contributed by atoms with Crippen LogP contribution in [0.15, 0.2) is 0 Å². The average Bonchev–Trinajstić information content (AvgIpc) is 2.31. The zero-order valence-electron chi connectivity index (χ0n) is 6.78. The monoisotopic (exact) mass is 172 g/mol. The summed E-state index contributed by atoms with van der Waals surface area (Å²) in [6.45, 7) is 2.66. The Hall–Kier alpha value is -0.560. The van der Waals surface area contributed by atoms with E-state index in [9.17, 15) is 4.21 Å². The lowest BCUT2D eigenvalue weighted by Gasteiger charge is -2.10. The van der Waals surface area contributed by atoms with Gasteiger partial charge in [-0.1, -0.05) is 0 Å². The van der Waals surface area contributed by atoms with E-state index >= 15 is 0 Å². The van der Waals surface area contributed by atoms with Gasteiger partial charge in [0.2, 0.25) is 0 Å². The Kier molecular flexibility index (Phi) is 2.50. The highest BCUT2D eigenvalue weighted by molar-refractivity contribution is 7.84. The predicted octanol–water partition coefficient (Wildman–Crippen LogP) is 0.309. The third-order valence-corrected chi connectivity index (χ3v) is 3.41. The van der Waals surface area contributed by atoms with E-state index in [-0.39, 0.29) is 11.3 Å². The van der Waals surface area contributed by atoms with Gasteiger partial charge in [0.05, 0.1) is 5.25 Å². The van der Waals surface area contributed by atoms with Crippen LogP contribution >= 0.6 is 0 Å². The van der Waals surface area contributed by atoms with Gasteiger partial charge >= 0.3 is 0 Å². The lowest BCUT2D eigenvalue weighted by atomic mass is 10.2. The van der Waals surface area contributed by atoms with Crippen LogP contribution in [0.25, 0.3) is 0 Å². The van der Waals surface area contributed by atoms with Crippen LogP contribution in [0.5, 0.6) is 0 Å². The maximum atomic E-state index is 11.0. The van der Waals surface area contributed by atoms with Crippen molar-refractivity contribution in [3.8, 4) is 6.19 Å². The summed E-state index contributed by atoms with van der Waals surface area (Å²) in [5.74, 6) is 0. The second-order valence-electron chi connectivity index (χ2n) is 2.96. The molecule has 1 aliphatic rings. The molecule has 0 bridgehead atoms. The molecule has 3 unspecified atom stereocenters. The molecule has 0 aromatic carbocycles. The Morgan fingerprint density at radius 3 is 2.64 bits per heavy atom. The Bertz CT molecular complexity index is 211. The molecule has 0 aliphatic carbocycles. The third-order valence-electron chi connectivity index (χ3n) is 2.13. The minimum Gasteiger partial charge on any atom is -0.307 e. The van der Waals surface area contributed by atoms with Gasteiger partial charge in [-0.25, -0.2) is 0 Å². The van der Waals surface area contributed by atoms with Crippen molar-refractivity contribution in [3.05, 3.63) is 0 Å².